The molecule has 3 aromatic rings. The Morgan fingerprint density at radius 1 is 1.33 bits per heavy atom. The summed E-state index contributed by atoms with van der Waals surface area (Å²) in [6.45, 7) is 0.778. The summed E-state index contributed by atoms with van der Waals surface area (Å²) in [4.78, 5) is 4.28. The summed E-state index contributed by atoms with van der Waals surface area (Å²) in [6.07, 6.45) is 8.32. The summed E-state index contributed by atoms with van der Waals surface area (Å²) in [5.41, 5.74) is 3.17. The number of benzene rings is 1. The Kier molecular flexibility index (Phi) is 3.01. The van der Waals surface area contributed by atoms with E-state index in [0.717, 1.165) is 23.0 Å². The third kappa shape index (κ3) is 2.24. The van der Waals surface area contributed by atoms with Gasteiger partial charge in [-0.25, -0.2) is 4.98 Å². The van der Waals surface area contributed by atoms with Crippen LogP contribution in [0.15, 0.2) is 36.9 Å². The summed E-state index contributed by atoms with van der Waals surface area (Å²) >= 11 is 6.12. The predicted molar refractivity (Wildman–Crippen MR) is 82.5 cm³/mol. The maximum atomic E-state index is 9.53. The summed E-state index contributed by atoms with van der Waals surface area (Å²) in [6, 6.07) is 6.40. The molecule has 1 N–H and O–H groups in total. The lowest BCUT2D eigenvalue weighted by atomic mass is 10.2. The van der Waals surface area contributed by atoms with Crippen LogP contribution in [-0.2, 0) is 13.2 Å². The van der Waals surface area contributed by atoms with E-state index in [1.165, 1.54) is 18.5 Å². The Labute approximate surface area is 127 Å². The van der Waals surface area contributed by atoms with Gasteiger partial charge in [-0.2, -0.15) is 0 Å². The first-order chi connectivity index (χ1) is 10.3. The Balaban J connectivity index is 1.78. The van der Waals surface area contributed by atoms with Gasteiger partial charge in [0, 0.05) is 34.4 Å². The molecule has 108 valence electrons. The lowest BCUT2D eigenvalue weighted by Gasteiger charge is -2.09. The quantitative estimate of drug-likeness (QED) is 0.803. The molecular formula is C16H16ClN3O. The topological polar surface area (TPSA) is 43.0 Å². The summed E-state index contributed by atoms with van der Waals surface area (Å²) in [5.74, 6) is 0. The molecule has 5 heteroatoms. The van der Waals surface area contributed by atoms with Gasteiger partial charge in [-0.05, 0) is 25.0 Å². The molecule has 4 nitrogen and oxygen atoms in total. The Bertz CT molecular complexity index is 801. The number of halogens is 1. The first kappa shape index (κ1) is 12.9. The second kappa shape index (κ2) is 4.90. The van der Waals surface area contributed by atoms with Crippen molar-refractivity contribution in [1.82, 2.24) is 14.1 Å². The predicted octanol–water partition coefficient (Wildman–Crippen LogP) is 3.37. The van der Waals surface area contributed by atoms with Crippen molar-refractivity contribution in [3.8, 4) is 0 Å². The first-order valence-corrected chi connectivity index (χ1v) is 7.53. The SMILES string of the molecule is OCc1cn(Cc2cncn2C2CC2)c2cc(Cl)ccc12. The van der Waals surface area contributed by atoms with Crippen LogP contribution in [0.5, 0.6) is 0 Å². The highest BCUT2D eigenvalue weighted by Gasteiger charge is 2.25. The third-order valence-electron chi connectivity index (χ3n) is 4.12. The molecule has 2 aromatic heterocycles. The van der Waals surface area contributed by atoms with Crippen molar-refractivity contribution in [2.75, 3.05) is 0 Å². The van der Waals surface area contributed by atoms with E-state index in [4.69, 9.17) is 11.6 Å². The van der Waals surface area contributed by atoms with Gasteiger partial charge in [0.2, 0.25) is 0 Å². The van der Waals surface area contributed by atoms with Crippen molar-refractivity contribution >= 4 is 22.5 Å². The molecular weight excluding hydrogens is 286 g/mol. The second-order valence-corrected chi connectivity index (χ2v) is 6.06. The number of fused-ring (bicyclic) bond motifs is 1. The monoisotopic (exact) mass is 301 g/mol. The van der Waals surface area contributed by atoms with Gasteiger partial charge in [0.25, 0.3) is 0 Å². The number of rotatable bonds is 4. The highest BCUT2D eigenvalue weighted by Crippen LogP contribution is 2.36. The van der Waals surface area contributed by atoms with E-state index in [2.05, 4.69) is 14.1 Å². The molecule has 0 radical (unpaired) electrons. The van der Waals surface area contributed by atoms with Crippen molar-refractivity contribution in [2.45, 2.75) is 32.0 Å². The fraction of sp³-hybridized carbons (Fsp3) is 0.312. The number of aliphatic hydroxyl groups excluding tert-OH is 1. The Morgan fingerprint density at radius 2 is 2.19 bits per heavy atom. The highest BCUT2D eigenvalue weighted by atomic mass is 35.5. The van der Waals surface area contributed by atoms with Gasteiger partial charge in [-0.15, -0.1) is 0 Å². The maximum absolute atomic E-state index is 9.53. The highest BCUT2D eigenvalue weighted by molar-refractivity contribution is 6.31. The lowest BCUT2D eigenvalue weighted by molar-refractivity contribution is 0.283. The average molecular weight is 302 g/mol. The van der Waals surface area contributed by atoms with Crippen LogP contribution in [0.1, 0.15) is 30.1 Å². The zero-order chi connectivity index (χ0) is 14.4. The largest absolute Gasteiger partial charge is 0.392 e. The van der Waals surface area contributed by atoms with Gasteiger partial charge >= 0.3 is 0 Å². The van der Waals surface area contributed by atoms with E-state index < -0.39 is 0 Å². The molecule has 0 aliphatic heterocycles. The van der Waals surface area contributed by atoms with E-state index >= 15 is 0 Å². The Hall–Kier alpha value is -1.78. The third-order valence-corrected chi connectivity index (χ3v) is 4.35. The van der Waals surface area contributed by atoms with Gasteiger partial charge in [0.05, 0.1) is 30.7 Å². The maximum Gasteiger partial charge on any atom is 0.0951 e. The average Bonchev–Trinajstić information content (AvgIpc) is 3.13. The molecule has 0 spiro atoms. The van der Waals surface area contributed by atoms with Crippen molar-refractivity contribution < 1.29 is 5.11 Å². The minimum atomic E-state index is 0.0347. The molecule has 21 heavy (non-hydrogen) atoms. The van der Waals surface area contributed by atoms with Gasteiger partial charge in [-0.3, -0.25) is 0 Å². The first-order valence-electron chi connectivity index (χ1n) is 7.15. The van der Waals surface area contributed by atoms with Crippen LogP contribution in [0, 0.1) is 0 Å². The van der Waals surface area contributed by atoms with Crippen LogP contribution in [-0.4, -0.2) is 19.2 Å². The Morgan fingerprint density at radius 3 is 2.95 bits per heavy atom. The van der Waals surface area contributed by atoms with E-state index in [9.17, 15) is 5.11 Å². The molecule has 0 bridgehead atoms. The molecule has 1 fully saturated rings. The van der Waals surface area contributed by atoms with Gasteiger partial charge in [0.15, 0.2) is 0 Å². The fourth-order valence-electron chi connectivity index (χ4n) is 2.91. The van der Waals surface area contributed by atoms with Crippen LogP contribution in [0.2, 0.25) is 5.02 Å². The smallest absolute Gasteiger partial charge is 0.0951 e. The summed E-state index contributed by atoms with van der Waals surface area (Å²) in [7, 11) is 0. The van der Waals surface area contributed by atoms with E-state index in [-0.39, 0.29) is 6.61 Å². The van der Waals surface area contributed by atoms with Gasteiger partial charge in [-0.1, -0.05) is 17.7 Å². The van der Waals surface area contributed by atoms with Gasteiger partial charge in [0.1, 0.15) is 0 Å². The number of aliphatic hydroxyl groups is 1. The van der Waals surface area contributed by atoms with E-state index in [0.29, 0.717) is 11.1 Å². The van der Waals surface area contributed by atoms with Gasteiger partial charge < -0.3 is 14.2 Å². The standard InChI is InChI=1S/C16H16ClN3O/c17-12-1-4-15-11(9-21)7-19(16(15)5-12)8-14-6-18-10-20(14)13-2-3-13/h1,4-7,10,13,21H,2-3,8-9H2. The normalized spacial score (nSPS) is 15.0. The molecule has 1 aliphatic rings. The van der Waals surface area contributed by atoms with Crippen molar-refractivity contribution in [3.63, 3.8) is 0 Å². The van der Waals surface area contributed by atoms with Crippen LogP contribution in [0.4, 0.5) is 0 Å². The number of hydrogen-bond acceptors (Lipinski definition) is 2. The lowest BCUT2D eigenvalue weighted by Crippen LogP contribution is -2.05. The van der Waals surface area contributed by atoms with Crippen LogP contribution in [0.25, 0.3) is 10.9 Å². The molecule has 1 aromatic carbocycles. The second-order valence-electron chi connectivity index (χ2n) is 5.63. The molecule has 1 aliphatic carbocycles. The zero-order valence-corrected chi connectivity index (χ0v) is 12.3. The summed E-state index contributed by atoms with van der Waals surface area (Å²) < 4.78 is 4.40. The summed E-state index contributed by atoms with van der Waals surface area (Å²) in [5, 5.41) is 11.3. The molecule has 4 rings (SSSR count). The molecule has 2 heterocycles. The number of nitrogens with zero attached hydrogens (tertiary/aromatic N) is 3. The van der Waals surface area contributed by atoms with Crippen molar-refractivity contribution in [2.24, 2.45) is 0 Å². The van der Waals surface area contributed by atoms with Crippen LogP contribution in [0.3, 0.4) is 0 Å². The van der Waals surface area contributed by atoms with Crippen molar-refractivity contribution in [3.05, 3.63) is 53.2 Å². The molecule has 1 saturated carbocycles. The zero-order valence-electron chi connectivity index (χ0n) is 11.5. The molecule has 0 amide bonds. The van der Waals surface area contributed by atoms with E-state index in [1.807, 2.05) is 36.9 Å². The fourth-order valence-corrected chi connectivity index (χ4v) is 3.07. The van der Waals surface area contributed by atoms with Crippen LogP contribution >= 0.6 is 11.6 Å². The molecule has 0 saturated heterocycles. The van der Waals surface area contributed by atoms with Crippen molar-refractivity contribution in [1.29, 1.82) is 0 Å². The minimum Gasteiger partial charge on any atom is -0.392 e. The number of aromatic nitrogens is 3. The number of imidazole rings is 1. The molecule has 0 unspecified atom stereocenters. The van der Waals surface area contributed by atoms with Crippen LogP contribution < -0.4 is 0 Å². The van der Waals surface area contributed by atoms with E-state index in [1.54, 1.807) is 0 Å². The number of hydrogen-bond donors (Lipinski definition) is 1. The minimum absolute atomic E-state index is 0.0347. The molecule has 0 atom stereocenters.